The van der Waals surface area contributed by atoms with Gasteiger partial charge in [-0.3, -0.25) is 0 Å². The van der Waals surface area contributed by atoms with Crippen LogP contribution in [0.2, 0.25) is 5.02 Å². The Morgan fingerprint density at radius 3 is 2.71 bits per heavy atom. The lowest BCUT2D eigenvalue weighted by atomic mass is 9.80. The Hall–Kier alpha value is -2.94. The number of hydrogen-bond acceptors (Lipinski definition) is 5. The van der Waals surface area contributed by atoms with E-state index in [4.69, 9.17) is 23.1 Å². The summed E-state index contributed by atoms with van der Waals surface area (Å²) >= 11 is 5.97. The first kappa shape index (κ1) is 22.8. The first-order valence-corrected chi connectivity index (χ1v) is 11.4. The minimum absolute atomic E-state index is 0.127. The van der Waals surface area contributed by atoms with Crippen molar-refractivity contribution in [3.05, 3.63) is 64.8 Å². The molecule has 4 atom stereocenters. The van der Waals surface area contributed by atoms with Crippen LogP contribution >= 0.6 is 11.6 Å². The zero-order chi connectivity index (χ0) is 24.4. The number of anilines is 2. The fraction of sp³-hybridized carbons (Fsp3) is 0.320. The largest absolute Gasteiger partial charge is 0.398 e. The first-order chi connectivity index (χ1) is 16.1. The Labute approximate surface area is 199 Å². The first-order valence-electron chi connectivity index (χ1n) is 11.0. The van der Waals surface area contributed by atoms with E-state index >= 15 is 0 Å². The molecule has 178 valence electrons. The smallest absolute Gasteiger partial charge is 0.150 e. The normalized spacial score (nSPS) is 24.9. The summed E-state index contributed by atoms with van der Waals surface area (Å²) in [5, 5.41) is 22.6. The third-order valence-electron chi connectivity index (χ3n) is 7.22. The standard InChI is InChI=1S/C25H25ClF2N4O2/c1-25(6-5-12-7-15(27)13-9-14(26)24(30)31-18(13)8-12)10-20(22(33)23(25)34)32-11-16(28)21-17(29)3-2-4-19(21)32/h2-4,7-9,11,20,22-23,33-34H,5-6,10,29H2,1H3,(H2,30,31)/t20-,22+,23+,25+/m1/s1. The van der Waals surface area contributed by atoms with Gasteiger partial charge in [-0.05, 0) is 60.6 Å². The van der Waals surface area contributed by atoms with E-state index in [2.05, 4.69) is 4.98 Å². The summed E-state index contributed by atoms with van der Waals surface area (Å²) in [7, 11) is 0. The molecule has 4 aromatic rings. The van der Waals surface area contributed by atoms with Gasteiger partial charge in [0.1, 0.15) is 17.7 Å². The summed E-state index contributed by atoms with van der Waals surface area (Å²) in [6.45, 7) is 1.88. The van der Waals surface area contributed by atoms with Crippen molar-refractivity contribution in [1.82, 2.24) is 9.55 Å². The number of nitrogens with two attached hydrogens (primary N) is 2. The van der Waals surface area contributed by atoms with E-state index in [1.807, 2.05) is 6.92 Å². The number of nitrogen functional groups attached to an aromatic ring is 2. The predicted octanol–water partition coefficient (Wildman–Crippen LogP) is 4.59. The lowest BCUT2D eigenvalue weighted by Gasteiger charge is -2.28. The molecule has 0 spiro atoms. The van der Waals surface area contributed by atoms with Gasteiger partial charge in [0, 0.05) is 17.3 Å². The molecule has 0 aliphatic heterocycles. The summed E-state index contributed by atoms with van der Waals surface area (Å²) in [6.07, 6.45) is 0.504. The molecule has 0 amide bonds. The quantitative estimate of drug-likeness (QED) is 0.315. The van der Waals surface area contributed by atoms with Gasteiger partial charge in [0.05, 0.1) is 33.6 Å². The molecule has 0 radical (unpaired) electrons. The number of nitrogens with zero attached hydrogens (tertiary/aromatic N) is 2. The number of aliphatic hydroxyl groups excluding tert-OH is 2. The lowest BCUT2D eigenvalue weighted by molar-refractivity contribution is -0.0241. The number of aryl methyl sites for hydroxylation is 1. The van der Waals surface area contributed by atoms with Crippen LogP contribution in [0.5, 0.6) is 0 Å². The zero-order valence-corrected chi connectivity index (χ0v) is 19.2. The van der Waals surface area contributed by atoms with Gasteiger partial charge in [-0.1, -0.05) is 24.6 Å². The molecule has 0 saturated heterocycles. The topological polar surface area (TPSA) is 110 Å². The minimum Gasteiger partial charge on any atom is -0.398 e. The van der Waals surface area contributed by atoms with Gasteiger partial charge >= 0.3 is 0 Å². The van der Waals surface area contributed by atoms with Crippen LogP contribution in [0.25, 0.3) is 21.8 Å². The van der Waals surface area contributed by atoms with E-state index in [0.717, 1.165) is 0 Å². The van der Waals surface area contributed by atoms with Gasteiger partial charge in [-0.25, -0.2) is 13.8 Å². The SMILES string of the molecule is C[C@]1(CCc2cc(F)c3cc(Cl)c(N)nc3c2)C[C@@H](n2cc(F)c3c(N)cccc32)[C@H](O)[C@@H]1O. The van der Waals surface area contributed by atoms with Crippen molar-refractivity contribution in [3.63, 3.8) is 0 Å². The molecule has 2 aromatic heterocycles. The van der Waals surface area contributed by atoms with Crippen LogP contribution in [0.3, 0.4) is 0 Å². The number of pyridine rings is 1. The molecule has 1 saturated carbocycles. The van der Waals surface area contributed by atoms with E-state index in [-0.39, 0.29) is 16.2 Å². The van der Waals surface area contributed by atoms with Crippen LogP contribution in [-0.2, 0) is 6.42 Å². The van der Waals surface area contributed by atoms with Crippen LogP contribution in [-0.4, -0.2) is 32.0 Å². The predicted molar refractivity (Wildman–Crippen MR) is 130 cm³/mol. The maximum atomic E-state index is 14.7. The summed E-state index contributed by atoms with van der Waals surface area (Å²) in [5.74, 6) is -0.799. The van der Waals surface area contributed by atoms with Crippen molar-refractivity contribution in [1.29, 1.82) is 0 Å². The molecule has 0 unspecified atom stereocenters. The maximum Gasteiger partial charge on any atom is 0.150 e. The number of fused-ring (bicyclic) bond motifs is 2. The molecule has 1 aliphatic rings. The number of aromatic nitrogens is 2. The highest BCUT2D eigenvalue weighted by molar-refractivity contribution is 6.33. The minimum atomic E-state index is -1.10. The zero-order valence-electron chi connectivity index (χ0n) is 18.5. The molecule has 6 nitrogen and oxygen atoms in total. The fourth-order valence-electron chi connectivity index (χ4n) is 5.27. The van der Waals surface area contributed by atoms with Crippen LogP contribution in [0.15, 0.2) is 42.6 Å². The molecule has 2 heterocycles. The summed E-state index contributed by atoms with van der Waals surface area (Å²) < 4.78 is 31.0. The third-order valence-corrected chi connectivity index (χ3v) is 7.52. The van der Waals surface area contributed by atoms with Crippen molar-refractivity contribution in [2.24, 2.45) is 5.41 Å². The number of benzene rings is 2. The molecule has 6 N–H and O–H groups in total. The molecule has 34 heavy (non-hydrogen) atoms. The number of hydrogen-bond donors (Lipinski definition) is 4. The summed E-state index contributed by atoms with van der Waals surface area (Å²) in [5.41, 5.74) is 13.0. The van der Waals surface area contributed by atoms with Crippen LogP contribution in [0.4, 0.5) is 20.3 Å². The van der Waals surface area contributed by atoms with Crippen molar-refractivity contribution in [3.8, 4) is 0 Å². The van der Waals surface area contributed by atoms with E-state index in [1.165, 1.54) is 18.3 Å². The Bertz CT molecular complexity index is 1430. The Morgan fingerprint density at radius 1 is 1.18 bits per heavy atom. The second kappa shape index (κ2) is 8.08. The second-order valence-corrected chi connectivity index (χ2v) is 9.89. The van der Waals surface area contributed by atoms with Crippen LogP contribution in [0.1, 0.15) is 31.4 Å². The number of aliphatic hydroxyl groups is 2. The molecule has 1 aliphatic carbocycles. The highest BCUT2D eigenvalue weighted by atomic mass is 35.5. The van der Waals surface area contributed by atoms with Crippen molar-refractivity contribution >= 4 is 44.9 Å². The monoisotopic (exact) mass is 486 g/mol. The molecule has 2 aromatic carbocycles. The second-order valence-electron chi connectivity index (χ2n) is 9.49. The van der Waals surface area contributed by atoms with Gasteiger partial charge in [0.2, 0.25) is 0 Å². The summed E-state index contributed by atoms with van der Waals surface area (Å²) in [6, 6.07) is 9.19. The third kappa shape index (κ3) is 3.57. The van der Waals surface area contributed by atoms with Gasteiger partial charge in [0.25, 0.3) is 0 Å². The number of rotatable bonds is 4. The van der Waals surface area contributed by atoms with Crippen molar-refractivity contribution in [2.45, 2.75) is 44.4 Å². The average molecular weight is 487 g/mol. The maximum absolute atomic E-state index is 14.7. The number of halogens is 3. The van der Waals surface area contributed by atoms with E-state index in [1.54, 1.807) is 28.8 Å². The molecular weight excluding hydrogens is 462 g/mol. The van der Waals surface area contributed by atoms with Crippen LogP contribution < -0.4 is 11.5 Å². The summed E-state index contributed by atoms with van der Waals surface area (Å²) in [4.78, 5) is 4.18. The highest BCUT2D eigenvalue weighted by Gasteiger charge is 2.50. The lowest BCUT2D eigenvalue weighted by Crippen LogP contribution is -2.35. The van der Waals surface area contributed by atoms with E-state index in [9.17, 15) is 19.0 Å². The van der Waals surface area contributed by atoms with E-state index < -0.39 is 35.3 Å². The molecular formula is C25H25ClF2N4O2. The van der Waals surface area contributed by atoms with Gasteiger partial charge in [0.15, 0.2) is 5.82 Å². The highest BCUT2D eigenvalue weighted by Crippen LogP contribution is 2.48. The Balaban J connectivity index is 1.42. The van der Waals surface area contributed by atoms with Crippen LogP contribution in [0, 0.1) is 17.0 Å². The van der Waals surface area contributed by atoms with E-state index in [0.29, 0.717) is 46.9 Å². The molecule has 5 rings (SSSR count). The Morgan fingerprint density at radius 2 is 1.94 bits per heavy atom. The fourth-order valence-corrected chi connectivity index (χ4v) is 5.42. The Kier molecular flexibility index (Phi) is 5.42. The van der Waals surface area contributed by atoms with Gasteiger partial charge < -0.3 is 26.2 Å². The van der Waals surface area contributed by atoms with Crippen molar-refractivity contribution < 1.29 is 19.0 Å². The molecule has 1 fully saturated rings. The molecule has 9 heteroatoms. The van der Waals surface area contributed by atoms with Gasteiger partial charge in [-0.15, -0.1) is 0 Å². The van der Waals surface area contributed by atoms with Gasteiger partial charge in [-0.2, -0.15) is 0 Å². The van der Waals surface area contributed by atoms with Crippen molar-refractivity contribution in [2.75, 3.05) is 11.5 Å². The molecule has 0 bridgehead atoms. The average Bonchev–Trinajstić information content (AvgIpc) is 3.24.